The number of aromatic nitrogens is 4. The fourth-order valence-electron chi connectivity index (χ4n) is 1.77. The highest BCUT2D eigenvalue weighted by Gasteiger charge is 2.06. The molecule has 3 aromatic rings. The first kappa shape index (κ1) is 12.9. The van der Waals surface area contributed by atoms with Crippen LogP contribution >= 0.6 is 11.8 Å². The van der Waals surface area contributed by atoms with E-state index < -0.39 is 0 Å². The summed E-state index contributed by atoms with van der Waals surface area (Å²) < 4.78 is 0. The van der Waals surface area contributed by atoms with E-state index >= 15 is 0 Å². The molecule has 5 heteroatoms. The summed E-state index contributed by atoms with van der Waals surface area (Å²) in [7, 11) is 0. The van der Waals surface area contributed by atoms with E-state index in [9.17, 15) is 0 Å². The molecule has 0 unspecified atom stereocenters. The molecule has 0 bridgehead atoms. The van der Waals surface area contributed by atoms with Crippen LogP contribution in [0.15, 0.2) is 53.8 Å². The molecular formula is C15H14N4S. The van der Waals surface area contributed by atoms with Crippen molar-refractivity contribution in [3.05, 3.63) is 59.9 Å². The zero-order valence-electron chi connectivity index (χ0n) is 11.1. The molecule has 2 aromatic heterocycles. The van der Waals surface area contributed by atoms with Crippen molar-refractivity contribution >= 4 is 11.8 Å². The predicted molar refractivity (Wildman–Crippen MR) is 80.4 cm³/mol. The highest BCUT2D eigenvalue weighted by molar-refractivity contribution is 7.98. The van der Waals surface area contributed by atoms with Gasteiger partial charge < -0.3 is 0 Å². The van der Waals surface area contributed by atoms with Crippen molar-refractivity contribution in [2.45, 2.75) is 17.8 Å². The number of nitrogens with zero attached hydrogens (tertiary/aromatic N) is 3. The van der Waals surface area contributed by atoms with Crippen LogP contribution in [-0.4, -0.2) is 20.2 Å². The van der Waals surface area contributed by atoms with Crippen molar-refractivity contribution in [2.24, 2.45) is 0 Å². The molecule has 20 heavy (non-hydrogen) atoms. The van der Waals surface area contributed by atoms with E-state index in [0.717, 1.165) is 28.0 Å². The van der Waals surface area contributed by atoms with Gasteiger partial charge in [-0.25, -0.2) is 4.98 Å². The molecule has 0 fully saturated rings. The Kier molecular flexibility index (Phi) is 3.78. The monoisotopic (exact) mass is 282 g/mol. The molecule has 0 aliphatic carbocycles. The van der Waals surface area contributed by atoms with Crippen LogP contribution in [0.2, 0.25) is 0 Å². The maximum absolute atomic E-state index is 4.49. The van der Waals surface area contributed by atoms with Gasteiger partial charge in [0, 0.05) is 17.5 Å². The van der Waals surface area contributed by atoms with Gasteiger partial charge in [-0.3, -0.25) is 10.1 Å². The standard InChI is InChI=1S/C15H14N4S/c1-11-5-7-12(8-6-11)14-17-15(19-18-14)20-10-13-4-2-3-9-16-13/h2-9H,10H2,1H3,(H,17,18,19). The largest absolute Gasteiger partial charge is 0.260 e. The Hall–Kier alpha value is -2.14. The number of thioether (sulfide) groups is 1. The quantitative estimate of drug-likeness (QED) is 0.744. The molecule has 1 aromatic carbocycles. The average Bonchev–Trinajstić information content (AvgIpc) is 2.96. The number of H-pyrrole nitrogens is 1. The smallest absolute Gasteiger partial charge is 0.184 e. The lowest BCUT2D eigenvalue weighted by atomic mass is 10.1. The zero-order valence-corrected chi connectivity index (χ0v) is 11.9. The Morgan fingerprint density at radius 3 is 2.70 bits per heavy atom. The van der Waals surface area contributed by atoms with E-state index in [4.69, 9.17) is 0 Å². The molecule has 0 aliphatic rings. The minimum Gasteiger partial charge on any atom is -0.260 e. The van der Waals surface area contributed by atoms with Crippen LogP contribution in [0.1, 0.15) is 11.3 Å². The molecule has 3 rings (SSSR count). The Bertz CT molecular complexity index is 677. The van der Waals surface area contributed by atoms with Gasteiger partial charge in [0.2, 0.25) is 0 Å². The van der Waals surface area contributed by atoms with E-state index in [1.807, 2.05) is 30.3 Å². The number of nitrogens with one attached hydrogen (secondary N) is 1. The molecule has 100 valence electrons. The number of aryl methyl sites for hydroxylation is 1. The second kappa shape index (κ2) is 5.88. The minimum atomic E-state index is 0.730. The van der Waals surface area contributed by atoms with Gasteiger partial charge in [-0.05, 0) is 19.1 Å². The third-order valence-electron chi connectivity index (χ3n) is 2.86. The highest BCUT2D eigenvalue weighted by atomic mass is 32.2. The Morgan fingerprint density at radius 1 is 1.10 bits per heavy atom. The molecule has 0 aliphatic heterocycles. The summed E-state index contributed by atoms with van der Waals surface area (Å²) >= 11 is 1.60. The molecule has 0 spiro atoms. The summed E-state index contributed by atoms with van der Waals surface area (Å²) in [5.74, 6) is 1.51. The van der Waals surface area contributed by atoms with Crippen LogP contribution in [0.5, 0.6) is 0 Å². The van der Waals surface area contributed by atoms with Crippen molar-refractivity contribution < 1.29 is 0 Å². The molecule has 1 N–H and O–H groups in total. The van der Waals surface area contributed by atoms with E-state index in [1.165, 1.54) is 5.56 Å². The predicted octanol–water partition coefficient (Wildman–Crippen LogP) is 3.47. The zero-order chi connectivity index (χ0) is 13.8. The van der Waals surface area contributed by atoms with Gasteiger partial charge in [0.05, 0.1) is 5.69 Å². The molecule has 0 saturated carbocycles. The third kappa shape index (κ3) is 3.05. The van der Waals surface area contributed by atoms with Crippen molar-refractivity contribution in [2.75, 3.05) is 0 Å². The highest BCUT2D eigenvalue weighted by Crippen LogP contribution is 2.21. The summed E-state index contributed by atoms with van der Waals surface area (Å²) in [6.07, 6.45) is 1.80. The molecule has 0 atom stereocenters. The normalized spacial score (nSPS) is 10.7. The van der Waals surface area contributed by atoms with Gasteiger partial charge in [-0.2, -0.15) is 5.10 Å². The number of hydrogen-bond donors (Lipinski definition) is 1. The Labute approximate surface area is 121 Å². The first-order valence-electron chi connectivity index (χ1n) is 6.33. The second-order valence-electron chi connectivity index (χ2n) is 4.44. The number of benzene rings is 1. The van der Waals surface area contributed by atoms with Gasteiger partial charge in [-0.15, -0.1) is 0 Å². The van der Waals surface area contributed by atoms with Crippen molar-refractivity contribution in [1.29, 1.82) is 0 Å². The lowest BCUT2D eigenvalue weighted by molar-refractivity contribution is 0.971. The average molecular weight is 282 g/mol. The van der Waals surface area contributed by atoms with Crippen LogP contribution in [0, 0.1) is 6.92 Å². The van der Waals surface area contributed by atoms with Crippen LogP contribution < -0.4 is 0 Å². The lowest BCUT2D eigenvalue weighted by Crippen LogP contribution is -1.85. The number of rotatable bonds is 4. The molecule has 4 nitrogen and oxygen atoms in total. The van der Waals surface area contributed by atoms with Crippen molar-refractivity contribution in [3.8, 4) is 11.4 Å². The van der Waals surface area contributed by atoms with Gasteiger partial charge >= 0.3 is 0 Å². The number of hydrogen-bond acceptors (Lipinski definition) is 4. The Balaban J connectivity index is 1.69. The van der Waals surface area contributed by atoms with Crippen LogP contribution in [0.25, 0.3) is 11.4 Å². The van der Waals surface area contributed by atoms with E-state index in [-0.39, 0.29) is 0 Å². The number of pyridine rings is 1. The molecule has 0 amide bonds. The fourth-order valence-corrected chi connectivity index (χ4v) is 2.49. The summed E-state index contributed by atoms with van der Waals surface area (Å²) in [4.78, 5) is 8.78. The molecule has 2 heterocycles. The van der Waals surface area contributed by atoms with Gasteiger partial charge in [0.15, 0.2) is 11.0 Å². The van der Waals surface area contributed by atoms with Crippen LogP contribution in [0.3, 0.4) is 0 Å². The van der Waals surface area contributed by atoms with Gasteiger partial charge in [0.1, 0.15) is 0 Å². The van der Waals surface area contributed by atoms with Crippen LogP contribution in [-0.2, 0) is 5.75 Å². The van der Waals surface area contributed by atoms with Crippen molar-refractivity contribution in [1.82, 2.24) is 20.2 Å². The lowest BCUT2D eigenvalue weighted by Gasteiger charge is -1.97. The van der Waals surface area contributed by atoms with Gasteiger partial charge in [-0.1, -0.05) is 47.7 Å². The number of aromatic amines is 1. The minimum absolute atomic E-state index is 0.730. The summed E-state index contributed by atoms with van der Waals surface area (Å²) in [6.45, 7) is 2.07. The van der Waals surface area contributed by atoms with E-state index in [0.29, 0.717) is 0 Å². The van der Waals surface area contributed by atoms with Crippen molar-refractivity contribution in [3.63, 3.8) is 0 Å². The molecule has 0 saturated heterocycles. The second-order valence-corrected chi connectivity index (χ2v) is 5.40. The van der Waals surface area contributed by atoms with E-state index in [1.54, 1.807) is 18.0 Å². The Morgan fingerprint density at radius 2 is 1.95 bits per heavy atom. The maximum atomic E-state index is 4.49. The van der Waals surface area contributed by atoms with Gasteiger partial charge in [0.25, 0.3) is 0 Å². The first-order valence-corrected chi connectivity index (χ1v) is 7.32. The topological polar surface area (TPSA) is 54.5 Å². The van der Waals surface area contributed by atoms with E-state index in [2.05, 4.69) is 39.2 Å². The van der Waals surface area contributed by atoms with Crippen LogP contribution in [0.4, 0.5) is 0 Å². The SMILES string of the molecule is Cc1ccc(-c2n[nH]c(SCc3ccccn3)n2)cc1. The summed E-state index contributed by atoms with van der Waals surface area (Å²) in [5, 5.41) is 8.03. The molecular weight excluding hydrogens is 268 g/mol. The maximum Gasteiger partial charge on any atom is 0.184 e. The molecule has 0 radical (unpaired) electrons. The summed E-state index contributed by atoms with van der Waals surface area (Å²) in [6, 6.07) is 14.1. The third-order valence-corrected chi connectivity index (χ3v) is 3.75. The summed E-state index contributed by atoms with van der Waals surface area (Å²) in [5.41, 5.74) is 3.29. The first-order chi connectivity index (χ1) is 9.81. The fraction of sp³-hybridized carbons (Fsp3) is 0.133.